The number of unbranched alkanes of at least 4 members (excludes halogenated alkanes) is 10. The minimum atomic E-state index is -5.19. The zero-order chi connectivity index (χ0) is 106. The number of alkyl halides is 3. The molecule has 2 aromatic heterocycles. The van der Waals surface area contributed by atoms with Gasteiger partial charge in [0.15, 0.2) is 0 Å². The van der Waals surface area contributed by atoms with E-state index in [1.807, 2.05) is 133 Å². The smallest absolute Gasteiger partial charge is 0.430 e. The molecule has 0 aliphatic carbocycles. The van der Waals surface area contributed by atoms with Crippen molar-refractivity contribution in [3.8, 4) is 22.5 Å². The molecule has 4 aliphatic rings. The Morgan fingerprint density at radius 1 is 0.409 bits per heavy atom. The number of urea groups is 2. The summed E-state index contributed by atoms with van der Waals surface area (Å²) in [6.45, 7) is 11.2. The van der Waals surface area contributed by atoms with E-state index in [0.717, 1.165) is 213 Å². The molecule has 8 aromatic rings. The fourth-order valence-corrected chi connectivity index (χ4v) is 20.4. The van der Waals surface area contributed by atoms with Gasteiger partial charge >= 0.3 is 24.2 Å². The number of thioether (sulfide) groups is 2. The van der Waals surface area contributed by atoms with Crippen molar-refractivity contribution in [2.75, 3.05) is 168 Å². The van der Waals surface area contributed by atoms with Gasteiger partial charge in [0, 0.05) is 166 Å². The summed E-state index contributed by atoms with van der Waals surface area (Å²) < 4.78 is 79.8. The van der Waals surface area contributed by atoms with Crippen molar-refractivity contribution in [1.29, 1.82) is 0 Å². The van der Waals surface area contributed by atoms with Gasteiger partial charge in [0.1, 0.15) is 19.1 Å². The Morgan fingerprint density at radius 3 is 1.10 bits per heavy atom. The lowest BCUT2D eigenvalue weighted by atomic mass is 9.98. The molecule has 12 rings (SSSR count). The number of hydrogen-bond acceptors (Lipinski definition) is 25. The van der Waals surface area contributed by atoms with Crippen LogP contribution in [0.5, 0.6) is 0 Å². The summed E-state index contributed by atoms with van der Waals surface area (Å²) in [4.78, 5) is 109. The highest BCUT2D eigenvalue weighted by Gasteiger charge is 2.44. The molecule has 16 N–H and O–H groups in total. The predicted octanol–water partition coefficient (Wildman–Crippen LogP) is 9.68. The van der Waals surface area contributed by atoms with Gasteiger partial charge in [-0.05, 0) is 162 Å². The molecule has 0 radical (unpaired) electrons. The second-order valence-electron chi connectivity index (χ2n) is 35.7. The average Bonchev–Trinajstić information content (AvgIpc) is 1.74. The Morgan fingerprint density at radius 2 is 0.738 bits per heavy atom. The molecule has 0 spiro atoms. The van der Waals surface area contributed by atoms with E-state index in [1.165, 1.54) is 0 Å². The maximum absolute atomic E-state index is 12.6. The number of rotatable bonds is 67. The number of carbonyl (C=O) groups excluding carboxylic acids is 8. The summed E-state index contributed by atoms with van der Waals surface area (Å²) in [6, 6.07) is 44.7. The molecule has 0 saturated carbocycles. The van der Waals surface area contributed by atoms with E-state index in [1.54, 1.807) is 0 Å². The van der Waals surface area contributed by atoms with Gasteiger partial charge in [-0.2, -0.15) is 45.8 Å². The van der Waals surface area contributed by atoms with Gasteiger partial charge in [-0.15, -0.1) is 0 Å². The number of benzene rings is 6. The molecule has 6 atom stereocenters. The first-order chi connectivity index (χ1) is 71.9. The number of nitrogens with one attached hydrogen (secondary N) is 9. The van der Waals surface area contributed by atoms with Crippen molar-refractivity contribution in [1.82, 2.24) is 47.9 Å². The third-order valence-corrected chi connectivity index (χ3v) is 27.7. The fourth-order valence-electron chi connectivity index (χ4n) is 17.3. The maximum Gasteiger partial charge on any atom is 0.430 e. The van der Waals surface area contributed by atoms with Crippen molar-refractivity contribution >= 4 is 143 Å². The summed E-state index contributed by atoms with van der Waals surface area (Å²) in [6.07, 6.45) is 13.6. The number of ether oxygens (including phenoxy) is 8. The van der Waals surface area contributed by atoms with Crippen LogP contribution in [-0.2, 0) is 84.5 Å². The van der Waals surface area contributed by atoms with Gasteiger partial charge in [-0.3, -0.25) is 28.8 Å². The topological polar surface area (TPSA) is 562 Å². The van der Waals surface area contributed by atoms with Crippen LogP contribution in [0.3, 0.4) is 0 Å². The highest BCUT2D eigenvalue weighted by Crippen LogP contribution is 2.39. The molecular weight excluding hydrogens is 2080 g/mol. The summed E-state index contributed by atoms with van der Waals surface area (Å²) in [5, 5.41) is 58.8. The molecule has 6 heterocycles. The molecular formula is C104H144F3IN20O19S2. The summed E-state index contributed by atoms with van der Waals surface area (Å²) >= 11 is 3.83. The molecule has 4 fully saturated rings. The monoisotopic (exact) mass is 2220 g/mol. The SMILES string of the molecule is NCCCCCNC(=O)CCCC[C@@H]1SC[C@@H]2NC(=O)N[C@@H]21.O=C([O-])C(F)(F)F.[I-].[N-]=[N+]=Nc1ccc2c(c1)c(-c1ccccc1)[n+](CCCCCC(=O)NCCOCCOCCOCCOCCC(=O)NCCCCCNC(=O)CCCC[C@@H]1SC[C@@H]3NC(=O)N[C@@H]31)c1cc(N)ccc21.[N-]=[N+]=Nc1ccc2c(c1)c(-c1ccccc1)[n+](CCCCCC(=O)NCCOCCOCCOCCOCCC(=O)O)c1cc(N)ccc21. The van der Waals surface area contributed by atoms with Crippen LogP contribution in [0.2, 0.25) is 0 Å². The number of aromatic nitrogens is 2. The Kier molecular flexibility index (Phi) is 58.2. The molecule has 0 unspecified atom stereocenters. The minimum absolute atomic E-state index is 0. The second-order valence-corrected chi connectivity index (χ2v) is 38.3. The third-order valence-electron chi connectivity index (χ3n) is 24.6. The number of carbonyl (C=O) groups is 9. The summed E-state index contributed by atoms with van der Waals surface area (Å²) in [5.74, 6) is -1.76. The van der Waals surface area contributed by atoms with Crippen LogP contribution in [0.15, 0.2) is 144 Å². The van der Waals surface area contributed by atoms with Crippen molar-refractivity contribution < 1.29 is 138 Å². The first-order valence-electron chi connectivity index (χ1n) is 51.0. The molecule has 0 bridgehead atoms. The quantitative estimate of drug-likeness (QED) is 0.00194. The van der Waals surface area contributed by atoms with Crippen molar-refractivity contribution in [2.24, 2.45) is 16.0 Å². The van der Waals surface area contributed by atoms with Crippen LogP contribution < -0.4 is 103 Å². The third kappa shape index (κ3) is 45.3. The van der Waals surface area contributed by atoms with Crippen LogP contribution in [0.25, 0.3) is 86.8 Å². The molecule has 45 heteroatoms. The van der Waals surface area contributed by atoms with Gasteiger partial charge in [0.2, 0.25) is 52.0 Å². The van der Waals surface area contributed by atoms with E-state index in [-0.39, 0.29) is 103 Å². The van der Waals surface area contributed by atoms with Crippen LogP contribution in [0, 0.1) is 0 Å². The molecule has 4 aliphatic heterocycles. The lowest BCUT2D eigenvalue weighted by Gasteiger charge is -2.16. The second kappa shape index (κ2) is 70.6. The number of fused-ring (bicyclic) bond motifs is 8. The summed E-state index contributed by atoms with van der Waals surface area (Å²) in [7, 11) is 0. The van der Waals surface area contributed by atoms with Gasteiger partial charge in [-0.1, -0.05) is 90.2 Å². The number of azide groups is 2. The number of hydrogen-bond donors (Lipinski definition) is 13. The van der Waals surface area contributed by atoms with E-state index < -0.39 is 18.1 Å². The van der Waals surface area contributed by atoms with Crippen LogP contribution >= 0.6 is 23.5 Å². The molecule has 39 nitrogen and oxygen atoms in total. The molecule has 9 amide bonds. The summed E-state index contributed by atoms with van der Waals surface area (Å²) in [5.41, 5.74) is 44.9. The van der Waals surface area contributed by atoms with E-state index >= 15 is 0 Å². The number of nitrogens with two attached hydrogens (primary N) is 3. The van der Waals surface area contributed by atoms with Crippen molar-refractivity contribution in [3.05, 3.63) is 154 Å². The average molecular weight is 2230 g/mol. The maximum atomic E-state index is 12.6. The Hall–Kier alpha value is -11.4. The molecule has 814 valence electrons. The fraction of sp³-hybridized carbons (Fsp3) is 0.548. The largest absolute Gasteiger partial charge is 1.00 e. The Labute approximate surface area is 891 Å². The number of pyridine rings is 2. The van der Waals surface area contributed by atoms with Gasteiger partial charge in [-0.25, -0.2) is 9.59 Å². The van der Waals surface area contributed by atoms with E-state index in [9.17, 15) is 51.5 Å². The van der Waals surface area contributed by atoms with E-state index in [0.29, 0.717) is 197 Å². The predicted molar refractivity (Wildman–Crippen MR) is 562 cm³/mol. The molecule has 6 aromatic carbocycles. The highest BCUT2D eigenvalue weighted by molar-refractivity contribution is 8.00. The number of anilines is 2. The van der Waals surface area contributed by atoms with Gasteiger partial charge in [0.25, 0.3) is 0 Å². The standard InChI is InChI=1S/C51H70N10O8S.C36H44N6O7.C15H28N4O2S.C2HF3O2.HI/c52-38-17-19-41-40-20-18-39(59-60-53)35-42(40)50(37-12-4-1-5-13-37)61(44(41)34-38)25-11-2-6-15-47(63)56-24-27-67-29-31-69-33-32-68-30-28-66-26-21-48(64)55-23-10-3-9-22-54-46(62)16-8-7-14-45-49-43(36-70-45)57-51(65)58-49;37-28-10-12-31-30-13-11-29(40-41-38)26-32(30)36(27-7-3-1-4-8-27)42(33(31)25-28)16-6-2-5-9-34(43)39-15-18-47-20-22-49-24-23-48-21-19-46-17-14-35(44)45;16-8-4-1-5-9-17-13(20)7-3-2-6-12-14-11(10-22-12)18-15(21)19-14;3-2(4,5)1(6)7;/h1,4-5,12-13,17-20,34-35,43,45,49,52H,2-3,6-11,14-16,21-33,36H2,(H5,54,55,56,57,58,62,63,64,65);1,3-4,7-8,10-13,25-26,37H,2,5-6,9,14-24H2,(H2,39,43,44,45);11-12,14H,1-10,16H2,(H,17,20)(H2,18,19,21);(H,6,7);1H/t43-,45-,49-;;11-,12-,14-;;/m0.0../s1. The highest BCUT2D eigenvalue weighted by atomic mass is 127. The zero-order valence-electron chi connectivity index (χ0n) is 84.5. The first-order valence-corrected chi connectivity index (χ1v) is 53.1. The zero-order valence-corrected chi connectivity index (χ0v) is 88.2. The van der Waals surface area contributed by atoms with Gasteiger partial charge in [0.05, 0.1) is 158 Å². The lowest BCUT2D eigenvalue weighted by molar-refractivity contribution is -0.660. The van der Waals surface area contributed by atoms with Crippen molar-refractivity contribution in [3.63, 3.8) is 0 Å². The normalized spacial score (nSPS) is 15.7. The van der Waals surface area contributed by atoms with Crippen LogP contribution in [0.4, 0.5) is 45.5 Å². The Bertz CT molecular complexity index is 5600. The lowest BCUT2D eigenvalue weighted by Crippen LogP contribution is -3.00. The van der Waals surface area contributed by atoms with Gasteiger partial charge < -0.3 is 142 Å². The number of carboxylic acids is 2. The first kappa shape index (κ1) is 123. The molecule has 4 saturated heterocycles. The number of aryl methyl sites for hydroxylation is 2. The number of aliphatic carboxylic acids is 2. The van der Waals surface area contributed by atoms with Crippen LogP contribution in [0.1, 0.15) is 154 Å². The number of amides is 9. The Balaban J connectivity index is 0.000000293. The van der Waals surface area contributed by atoms with E-state index in [2.05, 4.69) is 101 Å². The van der Waals surface area contributed by atoms with Crippen molar-refractivity contribution in [2.45, 2.75) is 208 Å². The minimum Gasteiger partial charge on any atom is -1.00 e. The van der Waals surface area contributed by atoms with E-state index in [4.69, 9.17) is 81.2 Å². The molecule has 149 heavy (non-hydrogen) atoms. The number of nitrogen functional groups attached to an aromatic ring is 2. The van der Waals surface area contributed by atoms with Crippen LogP contribution in [-0.4, -0.2) is 256 Å². The number of halogens is 4. The number of nitrogens with zero attached hydrogens (tertiary/aromatic N) is 8. The number of carboxylic acid groups (broad SMARTS) is 2.